The van der Waals surface area contributed by atoms with E-state index in [0.717, 1.165) is 38.0 Å². The van der Waals surface area contributed by atoms with Crippen LogP contribution in [0.15, 0.2) is 6.07 Å². The highest BCUT2D eigenvalue weighted by atomic mass is 32.2. The Labute approximate surface area is 128 Å². The van der Waals surface area contributed by atoms with Gasteiger partial charge in [-0.2, -0.15) is 5.10 Å². The molecular formula is C15H27N3O2S. The molecule has 0 radical (unpaired) electrons. The molecule has 0 aliphatic carbocycles. The van der Waals surface area contributed by atoms with Gasteiger partial charge in [-0.15, -0.1) is 0 Å². The Bertz CT molecular complexity index is 565. The number of hydrogen-bond acceptors (Lipinski definition) is 4. The van der Waals surface area contributed by atoms with Crippen molar-refractivity contribution in [3.8, 4) is 0 Å². The SMILES string of the molecule is CCNC(Cc1cc(C)nn1CC)CC1CCS(=O)(=O)C1. The van der Waals surface area contributed by atoms with Gasteiger partial charge in [0.25, 0.3) is 0 Å². The van der Waals surface area contributed by atoms with Crippen LogP contribution in [0.25, 0.3) is 0 Å². The van der Waals surface area contributed by atoms with E-state index in [0.29, 0.717) is 23.5 Å². The largest absolute Gasteiger partial charge is 0.314 e. The zero-order valence-corrected chi connectivity index (χ0v) is 14.1. The minimum absolute atomic E-state index is 0.304. The van der Waals surface area contributed by atoms with Crippen molar-refractivity contribution in [2.45, 2.75) is 52.6 Å². The van der Waals surface area contributed by atoms with Crippen LogP contribution in [0.1, 0.15) is 38.1 Å². The van der Waals surface area contributed by atoms with Crippen LogP contribution in [0.5, 0.6) is 0 Å². The predicted molar refractivity (Wildman–Crippen MR) is 85.2 cm³/mol. The van der Waals surface area contributed by atoms with E-state index in [1.165, 1.54) is 5.69 Å². The van der Waals surface area contributed by atoms with Gasteiger partial charge in [0.1, 0.15) is 0 Å². The summed E-state index contributed by atoms with van der Waals surface area (Å²) in [5.41, 5.74) is 2.28. The van der Waals surface area contributed by atoms with Crippen LogP contribution in [0, 0.1) is 12.8 Å². The topological polar surface area (TPSA) is 64.0 Å². The van der Waals surface area contributed by atoms with Gasteiger partial charge < -0.3 is 5.32 Å². The van der Waals surface area contributed by atoms with Gasteiger partial charge in [0.15, 0.2) is 9.84 Å². The molecule has 1 saturated heterocycles. The van der Waals surface area contributed by atoms with Crippen molar-refractivity contribution in [2.24, 2.45) is 5.92 Å². The van der Waals surface area contributed by atoms with Crippen LogP contribution in [0.4, 0.5) is 0 Å². The maximum Gasteiger partial charge on any atom is 0.150 e. The van der Waals surface area contributed by atoms with Gasteiger partial charge >= 0.3 is 0 Å². The fourth-order valence-corrected chi connectivity index (χ4v) is 5.16. The zero-order valence-electron chi connectivity index (χ0n) is 13.3. The molecule has 1 aliphatic rings. The van der Waals surface area contributed by atoms with Gasteiger partial charge in [-0.3, -0.25) is 4.68 Å². The second-order valence-electron chi connectivity index (χ2n) is 6.06. The fourth-order valence-electron chi connectivity index (χ4n) is 3.28. The molecule has 2 heterocycles. The van der Waals surface area contributed by atoms with Crippen molar-refractivity contribution in [3.63, 3.8) is 0 Å². The summed E-state index contributed by atoms with van der Waals surface area (Å²) in [5, 5.41) is 8.00. The maximum atomic E-state index is 11.6. The Kier molecular flexibility index (Phi) is 5.43. The maximum absolute atomic E-state index is 11.6. The Morgan fingerprint density at radius 3 is 2.81 bits per heavy atom. The summed E-state index contributed by atoms with van der Waals surface area (Å²) in [7, 11) is -2.78. The molecule has 2 rings (SSSR count). The third-order valence-electron chi connectivity index (χ3n) is 4.18. The number of nitrogens with zero attached hydrogens (tertiary/aromatic N) is 2. The zero-order chi connectivity index (χ0) is 15.5. The van der Waals surface area contributed by atoms with Crippen LogP contribution in [0.3, 0.4) is 0 Å². The Morgan fingerprint density at radius 2 is 2.24 bits per heavy atom. The molecule has 0 spiro atoms. The molecular weight excluding hydrogens is 286 g/mol. The highest BCUT2D eigenvalue weighted by Crippen LogP contribution is 2.24. The first-order valence-corrected chi connectivity index (χ1v) is 9.72. The lowest BCUT2D eigenvalue weighted by atomic mass is 9.96. The van der Waals surface area contributed by atoms with Gasteiger partial charge in [-0.1, -0.05) is 6.92 Å². The highest BCUT2D eigenvalue weighted by molar-refractivity contribution is 7.91. The Hall–Kier alpha value is -0.880. The standard InChI is InChI=1S/C15H27N3O2S/c1-4-16-14(9-13-6-7-21(19,20)11-13)10-15-8-12(3)17-18(15)5-2/h8,13-14,16H,4-7,9-11H2,1-3H3. The minimum atomic E-state index is -2.78. The van der Waals surface area contributed by atoms with E-state index in [1.54, 1.807) is 0 Å². The van der Waals surface area contributed by atoms with E-state index in [2.05, 4.69) is 30.3 Å². The van der Waals surface area contributed by atoms with Crippen LogP contribution < -0.4 is 5.32 Å². The molecule has 0 aromatic carbocycles. The van der Waals surface area contributed by atoms with Crippen LogP contribution in [-0.4, -0.2) is 42.3 Å². The van der Waals surface area contributed by atoms with Crippen molar-refractivity contribution < 1.29 is 8.42 Å². The molecule has 1 fully saturated rings. The van der Waals surface area contributed by atoms with Gasteiger partial charge in [0.05, 0.1) is 17.2 Å². The smallest absolute Gasteiger partial charge is 0.150 e. The quantitative estimate of drug-likeness (QED) is 0.830. The number of aromatic nitrogens is 2. The molecule has 1 aliphatic heterocycles. The fraction of sp³-hybridized carbons (Fsp3) is 0.800. The van der Waals surface area contributed by atoms with Crippen molar-refractivity contribution >= 4 is 9.84 Å². The van der Waals surface area contributed by atoms with E-state index < -0.39 is 9.84 Å². The third-order valence-corrected chi connectivity index (χ3v) is 6.01. The number of sulfone groups is 1. The number of nitrogens with one attached hydrogen (secondary N) is 1. The second kappa shape index (κ2) is 6.92. The number of hydrogen-bond donors (Lipinski definition) is 1. The Morgan fingerprint density at radius 1 is 1.48 bits per heavy atom. The first-order valence-electron chi connectivity index (χ1n) is 7.90. The van der Waals surface area contributed by atoms with Crippen molar-refractivity contribution in [2.75, 3.05) is 18.1 Å². The van der Waals surface area contributed by atoms with Crippen LogP contribution >= 0.6 is 0 Å². The molecule has 0 bridgehead atoms. The second-order valence-corrected chi connectivity index (χ2v) is 8.29. The average molecular weight is 313 g/mol. The predicted octanol–water partition coefficient (Wildman–Crippen LogP) is 1.56. The molecule has 1 N–H and O–H groups in total. The van der Waals surface area contributed by atoms with Gasteiger partial charge in [-0.25, -0.2) is 8.42 Å². The summed E-state index contributed by atoms with van der Waals surface area (Å²) in [6.07, 6.45) is 2.66. The lowest BCUT2D eigenvalue weighted by molar-refractivity contribution is 0.400. The van der Waals surface area contributed by atoms with Crippen LogP contribution in [0.2, 0.25) is 0 Å². The number of rotatable bonds is 7. The van der Waals surface area contributed by atoms with E-state index in [1.807, 2.05) is 11.6 Å². The van der Waals surface area contributed by atoms with Crippen molar-refractivity contribution in [1.29, 1.82) is 0 Å². The number of likely N-dealkylation sites (N-methyl/N-ethyl adjacent to an activating group) is 1. The number of aryl methyl sites for hydroxylation is 2. The van der Waals surface area contributed by atoms with E-state index >= 15 is 0 Å². The summed E-state index contributed by atoms with van der Waals surface area (Å²) in [5.74, 6) is 1.03. The van der Waals surface area contributed by atoms with Gasteiger partial charge in [-0.05, 0) is 45.2 Å². The summed E-state index contributed by atoms with van der Waals surface area (Å²) in [4.78, 5) is 0. The summed E-state index contributed by atoms with van der Waals surface area (Å²) in [6.45, 7) is 7.99. The first kappa shape index (κ1) is 16.5. The van der Waals surface area contributed by atoms with Crippen molar-refractivity contribution in [3.05, 3.63) is 17.5 Å². The highest BCUT2D eigenvalue weighted by Gasteiger charge is 2.29. The van der Waals surface area contributed by atoms with Crippen molar-refractivity contribution in [1.82, 2.24) is 15.1 Å². The lowest BCUT2D eigenvalue weighted by Gasteiger charge is -2.21. The van der Waals surface area contributed by atoms with E-state index in [4.69, 9.17) is 0 Å². The minimum Gasteiger partial charge on any atom is -0.314 e. The average Bonchev–Trinajstić information content (AvgIpc) is 2.92. The molecule has 2 unspecified atom stereocenters. The molecule has 120 valence electrons. The summed E-state index contributed by atoms with van der Waals surface area (Å²) < 4.78 is 25.3. The summed E-state index contributed by atoms with van der Waals surface area (Å²) >= 11 is 0. The molecule has 0 amide bonds. The lowest BCUT2D eigenvalue weighted by Crippen LogP contribution is -2.34. The monoisotopic (exact) mass is 313 g/mol. The summed E-state index contributed by atoms with van der Waals surface area (Å²) in [6, 6.07) is 2.47. The third kappa shape index (κ3) is 4.54. The van der Waals surface area contributed by atoms with Crippen LogP contribution in [-0.2, 0) is 22.8 Å². The molecule has 1 aromatic heterocycles. The Balaban J connectivity index is 2.02. The first-order chi connectivity index (χ1) is 9.93. The van der Waals surface area contributed by atoms with E-state index in [9.17, 15) is 8.42 Å². The van der Waals surface area contributed by atoms with Gasteiger partial charge in [0.2, 0.25) is 0 Å². The molecule has 21 heavy (non-hydrogen) atoms. The van der Waals surface area contributed by atoms with E-state index in [-0.39, 0.29) is 0 Å². The normalized spacial score (nSPS) is 22.5. The van der Waals surface area contributed by atoms with Gasteiger partial charge in [0, 0.05) is 24.7 Å². The molecule has 5 nitrogen and oxygen atoms in total. The molecule has 1 aromatic rings. The molecule has 2 atom stereocenters. The molecule has 0 saturated carbocycles. The molecule has 6 heteroatoms.